The third-order valence-corrected chi connectivity index (χ3v) is 2.24. The quantitative estimate of drug-likeness (QED) is 0.755. The first-order valence-electron chi connectivity index (χ1n) is 5.69. The van der Waals surface area contributed by atoms with Gasteiger partial charge in [-0.1, -0.05) is 56.3 Å². The fraction of sp³-hybridized carbons (Fsp3) is 0.357. The van der Waals surface area contributed by atoms with Crippen LogP contribution in [-0.4, -0.2) is 12.5 Å². The van der Waals surface area contributed by atoms with Crippen LogP contribution in [0, 0.1) is 5.92 Å². The molecule has 0 spiro atoms. The van der Waals surface area contributed by atoms with E-state index in [9.17, 15) is 4.79 Å². The second-order valence-electron chi connectivity index (χ2n) is 4.05. The lowest BCUT2D eigenvalue weighted by atomic mass is 10.2. The summed E-state index contributed by atoms with van der Waals surface area (Å²) in [5.74, 6) is 0.186. The molecule has 86 valence electrons. The topological polar surface area (TPSA) is 29.1 Å². The predicted octanol–water partition coefficient (Wildman–Crippen LogP) is 2.86. The van der Waals surface area contributed by atoms with Crippen molar-refractivity contribution >= 4 is 12.0 Å². The minimum Gasteiger partial charge on any atom is -0.356 e. The molecule has 0 radical (unpaired) electrons. The molecule has 0 atom stereocenters. The van der Waals surface area contributed by atoms with E-state index in [1.54, 1.807) is 0 Å². The maximum atomic E-state index is 11.2. The molecule has 0 aliphatic carbocycles. The van der Waals surface area contributed by atoms with Gasteiger partial charge in [0.05, 0.1) is 0 Å². The first-order chi connectivity index (χ1) is 7.70. The standard InChI is InChI=1S/C14H19NO/c1-12(2)14(16)15-11-7-6-10-13-8-4-3-5-9-13/h3-6,8-10,12H,7,11H2,1-2H3,(H,15,16)/b10-6-. The van der Waals surface area contributed by atoms with Crippen molar-refractivity contribution in [1.82, 2.24) is 5.32 Å². The number of rotatable bonds is 5. The van der Waals surface area contributed by atoms with Crippen LogP contribution in [0.3, 0.4) is 0 Å². The van der Waals surface area contributed by atoms with Gasteiger partial charge in [-0.2, -0.15) is 0 Å². The van der Waals surface area contributed by atoms with Crippen molar-refractivity contribution < 1.29 is 4.79 Å². The van der Waals surface area contributed by atoms with Gasteiger partial charge in [0.25, 0.3) is 0 Å². The second kappa shape index (κ2) is 6.83. The zero-order valence-electron chi connectivity index (χ0n) is 9.94. The zero-order valence-corrected chi connectivity index (χ0v) is 9.94. The molecule has 0 fully saturated rings. The van der Waals surface area contributed by atoms with Gasteiger partial charge in [0.1, 0.15) is 0 Å². The molecule has 1 amide bonds. The Balaban J connectivity index is 2.21. The summed E-state index contributed by atoms with van der Waals surface area (Å²) in [6, 6.07) is 10.1. The van der Waals surface area contributed by atoms with Gasteiger partial charge >= 0.3 is 0 Å². The van der Waals surface area contributed by atoms with Crippen molar-refractivity contribution in [3.63, 3.8) is 0 Å². The maximum absolute atomic E-state index is 11.2. The smallest absolute Gasteiger partial charge is 0.222 e. The molecule has 0 heterocycles. The molecule has 0 bridgehead atoms. The molecule has 16 heavy (non-hydrogen) atoms. The van der Waals surface area contributed by atoms with Gasteiger partial charge in [-0.15, -0.1) is 0 Å². The summed E-state index contributed by atoms with van der Waals surface area (Å²) >= 11 is 0. The fourth-order valence-corrected chi connectivity index (χ4v) is 1.27. The summed E-state index contributed by atoms with van der Waals surface area (Å²) in [6.07, 6.45) is 5.02. The van der Waals surface area contributed by atoms with Crippen LogP contribution < -0.4 is 5.32 Å². The Morgan fingerprint density at radius 2 is 2.00 bits per heavy atom. The van der Waals surface area contributed by atoms with Gasteiger partial charge in [-0.3, -0.25) is 4.79 Å². The lowest BCUT2D eigenvalue weighted by molar-refractivity contribution is -0.123. The van der Waals surface area contributed by atoms with E-state index in [0.29, 0.717) is 6.54 Å². The lowest BCUT2D eigenvalue weighted by Crippen LogP contribution is -2.28. The van der Waals surface area contributed by atoms with Crippen LogP contribution in [0.2, 0.25) is 0 Å². The molecular weight excluding hydrogens is 198 g/mol. The average Bonchev–Trinajstić information content (AvgIpc) is 2.29. The number of carbonyl (C=O) groups is 1. The Hall–Kier alpha value is -1.57. The Labute approximate surface area is 97.4 Å². The van der Waals surface area contributed by atoms with Crippen molar-refractivity contribution in [1.29, 1.82) is 0 Å². The van der Waals surface area contributed by atoms with Gasteiger partial charge in [-0.05, 0) is 12.0 Å². The number of benzene rings is 1. The predicted molar refractivity (Wildman–Crippen MR) is 67.9 cm³/mol. The SMILES string of the molecule is CC(C)C(=O)NCC/C=C\c1ccccc1. The molecule has 0 saturated heterocycles. The van der Waals surface area contributed by atoms with Crippen LogP contribution >= 0.6 is 0 Å². The van der Waals surface area contributed by atoms with E-state index in [4.69, 9.17) is 0 Å². The van der Waals surface area contributed by atoms with E-state index < -0.39 is 0 Å². The van der Waals surface area contributed by atoms with E-state index in [1.165, 1.54) is 5.56 Å². The van der Waals surface area contributed by atoms with Crippen molar-refractivity contribution in [3.05, 3.63) is 42.0 Å². The van der Waals surface area contributed by atoms with Crippen LogP contribution in [0.15, 0.2) is 36.4 Å². The minimum atomic E-state index is 0.0677. The molecule has 2 nitrogen and oxygen atoms in total. The molecule has 0 unspecified atom stereocenters. The van der Waals surface area contributed by atoms with Gasteiger partial charge in [0, 0.05) is 12.5 Å². The maximum Gasteiger partial charge on any atom is 0.222 e. The molecule has 1 rings (SSSR count). The summed E-state index contributed by atoms with van der Waals surface area (Å²) in [4.78, 5) is 11.2. The first-order valence-corrected chi connectivity index (χ1v) is 5.69. The van der Waals surface area contributed by atoms with E-state index in [1.807, 2.05) is 32.0 Å². The molecule has 2 heteroatoms. The van der Waals surface area contributed by atoms with Crippen molar-refractivity contribution in [2.45, 2.75) is 20.3 Å². The Morgan fingerprint density at radius 1 is 1.31 bits per heavy atom. The highest BCUT2D eigenvalue weighted by Crippen LogP contribution is 2.01. The molecule has 0 aromatic heterocycles. The first kappa shape index (κ1) is 12.5. The minimum absolute atomic E-state index is 0.0677. The van der Waals surface area contributed by atoms with Gasteiger partial charge in [-0.25, -0.2) is 0 Å². The van der Waals surface area contributed by atoms with E-state index in [2.05, 4.69) is 29.6 Å². The van der Waals surface area contributed by atoms with Crippen LogP contribution in [0.25, 0.3) is 6.08 Å². The average molecular weight is 217 g/mol. The molecule has 1 aromatic carbocycles. The van der Waals surface area contributed by atoms with E-state index >= 15 is 0 Å². The van der Waals surface area contributed by atoms with E-state index in [0.717, 1.165) is 6.42 Å². The Bertz CT molecular complexity index is 341. The Kier molecular flexibility index (Phi) is 5.34. The van der Waals surface area contributed by atoms with Gasteiger partial charge in [0.2, 0.25) is 5.91 Å². The van der Waals surface area contributed by atoms with Crippen LogP contribution in [0.5, 0.6) is 0 Å². The van der Waals surface area contributed by atoms with Crippen LogP contribution in [-0.2, 0) is 4.79 Å². The molecule has 1 aromatic rings. The van der Waals surface area contributed by atoms with Crippen molar-refractivity contribution in [3.8, 4) is 0 Å². The van der Waals surface area contributed by atoms with Gasteiger partial charge < -0.3 is 5.32 Å². The second-order valence-corrected chi connectivity index (χ2v) is 4.05. The Morgan fingerprint density at radius 3 is 2.62 bits per heavy atom. The van der Waals surface area contributed by atoms with Crippen LogP contribution in [0.4, 0.5) is 0 Å². The number of nitrogens with one attached hydrogen (secondary N) is 1. The molecule has 0 aliphatic rings. The summed E-state index contributed by atoms with van der Waals surface area (Å²) in [6.45, 7) is 4.50. The number of hydrogen-bond donors (Lipinski definition) is 1. The highest BCUT2D eigenvalue weighted by atomic mass is 16.1. The highest BCUT2D eigenvalue weighted by molar-refractivity contribution is 5.77. The monoisotopic (exact) mass is 217 g/mol. The third kappa shape index (κ3) is 4.78. The third-order valence-electron chi connectivity index (χ3n) is 2.24. The number of hydrogen-bond acceptors (Lipinski definition) is 1. The summed E-state index contributed by atoms with van der Waals surface area (Å²) < 4.78 is 0. The number of carbonyl (C=O) groups excluding carboxylic acids is 1. The highest BCUT2D eigenvalue weighted by Gasteiger charge is 2.03. The summed E-state index contributed by atoms with van der Waals surface area (Å²) in [7, 11) is 0. The fourth-order valence-electron chi connectivity index (χ4n) is 1.27. The summed E-state index contributed by atoms with van der Waals surface area (Å²) in [5.41, 5.74) is 1.19. The molecular formula is C14H19NO. The molecule has 1 N–H and O–H groups in total. The molecule has 0 aliphatic heterocycles. The van der Waals surface area contributed by atoms with E-state index in [-0.39, 0.29) is 11.8 Å². The molecule has 0 saturated carbocycles. The van der Waals surface area contributed by atoms with Crippen LogP contribution in [0.1, 0.15) is 25.8 Å². The van der Waals surface area contributed by atoms with Gasteiger partial charge in [0.15, 0.2) is 0 Å². The van der Waals surface area contributed by atoms with Crippen molar-refractivity contribution in [2.24, 2.45) is 5.92 Å². The normalized spacial score (nSPS) is 10.9. The summed E-state index contributed by atoms with van der Waals surface area (Å²) in [5, 5.41) is 2.88. The van der Waals surface area contributed by atoms with Crippen molar-refractivity contribution in [2.75, 3.05) is 6.54 Å². The largest absolute Gasteiger partial charge is 0.356 e. The number of amides is 1. The zero-order chi connectivity index (χ0) is 11.8. The lowest BCUT2D eigenvalue weighted by Gasteiger charge is -2.05.